The highest BCUT2D eigenvalue weighted by Gasteiger charge is 2.38. The Hall–Kier alpha value is -1.88. The summed E-state index contributed by atoms with van der Waals surface area (Å²) in [6.07, 6.45) is 4.47. The van der Waals surface area contributed by atoms with Crippen molar-refractivity contribution in [1.29, 1.82) is 0 Å². The van der Waals surface area contributed by atoms with E-state index in [1.54, 1.807) is 6.92 Å². The van der Waals surface area contributed by atoms with Crippen molar-refractivity contribution in [2.24, 2.45) is 0 Å². The third kappa shape index (κ3) is 4.52. The summed E-state index contributed by atoms with van der Waals surface area (Å²) in [7, 11) is 0. The SMILES string of the molecule is CC(NC(=O)c1ccc(C(C)(C)C)cc1)C(=O)N1CCOC2CCCCC21. The van der Waals surface area contributed by atoms with Crippen LogP contribution in [-0.2, 0) is 14.9 Å². The van der Waals surface area contributed by atoms with Crippen molar-refractivity contribution < 1.29 is 14.3 Å². The van der Waals surface area contributed by atoms with E-state index in [2.05, 4.69) is 26.1 Å². The van der Waals surface area contributed by atoms with Gasteiger partial charge in [0.2, 0.25) is 5.91 Å². The largest absolute Gasteiger partial charge is 0.374 e. The maximum absolute atomic E-state index is 13.0. The smallest absolute Gasteiger partial charge is 0.251 e. The van der Waals surface area contributed by atoms with Gasteiger partial charge < -0.3 is 15.0 Å². The lowest BCUT2D eigenvalue weighted by Crippen LogP contribution is -2.58. The molecule has 2 amide bonds. The van der Waals surface area contributed by atoms with Gasteiger partial charge >= 0.3 is 0 Å². The van der Waals surface area contributed by atoms with Gasteiger partial charge in [0.1, 0.15) is 6.04 Å². The highest BCUT2D eigenvalue weighted by molar-refractivity contribution is 5.97. The molecular weight excluding hydrogens is 340 g/mol. The molecular formula is C22H32N2O3. The van der Waals surface area contributed by atoms with Crippen LogP contribution in [0.25, 0.3) is 0 Å². The Labute approximate surface area is 162 Å². The summed E-state index contributed by atoms with van der Waals surface area (Å²) in [5, 5.41) is 2.88. The van der Waals surface area contributed by atoms with Gasteiger partial charge in [-0.25, -0.2) is 0 Å². The van der Waals surface area contributed by atoms with Gasteiger partial charge in [-0.3, -0.25) is 9.59 Å². The molecule has 0 bridgehead atoms. The lowest BCUT2D eigenvalue weighted by atomic mass is 9.86. The van der Waals surface area contributed by atoms with Gasteiger partial charge in [-0.1, -0.05) is 45.7 Å². The van der Waals surface area contributed by atoms with Crippen molar-refractivity contribution >= 4 is 11.8 Å². The average Bonchev–Trinajstić information content (AvgIpc) is 2.66. The second kappa shape index (κ2) is 8.01. The number of rotatable bonds is 3. The van der Waals surface area contributed by atoms with Crippen LogP contribution in [-0.4, -0.2) is 48.1 Å². The molecule has 0 radical (unpaired) electrons. The number of morpholine rings is 1. The van der Waals surface area contributed by atoms with Crippen LogP contribution in [0.4, 0.5) is 0 Å². The van der Waals surface area contributed by atoms with E-state index in [0.29, 0.717) is 18.7 Å². The van der Waals surface area contributed by atoms with Crippen LogP contribution in [0.1, 0.15) is 69.3 Å². The molecule has 1 heterocycles. The topological polar surface area (TPSA) is 58.6 Å². The third-order valence-electron chi connectivity index (χ3n) is 5.75. The minimum Gasteiger partial charge on any atom is -0.374 e. The maximum atomic E-state index is 13.0. The highest BCUT2D eigenvalue weighted by Crippen LogP contribution is 2.29. The summed E-state index contributed by atoms with van der Waals surface area (Å²) in [6, 6.07) is 7.25. The lowest BCUT2D eigenvalue weighted by molar-refractivity contribution is -0.151. The van der Waals surface area contributed by atoms with Gasteiger partial charge in [0.15, 0.2) is 0 Å². The molecule has 1 saturated heterocycles. The fourth-order valence-corrected chi connectivity index (χ4v) is 4.08. The monoisotopic (exact) mass is 372 g/mol. The molecule has 3 rings (SSSR count). The number of nitrogens with zero attached hydrogens (tertiary/aromatic N) is 1. The predicted molar refractivity (Wildman–Crippen MR) is 106 cm³/mol. The Kier molecular flexibility index (Phi) is 5.89. The maximum Gasteiger partial charge on any atom is 0.251 e. The number of hydrogen-bond acceptors (Lipinski definition) is 3. The molecule has 3 unspecified atom stereocenters. The first kappa shape index (κ1) is 19.9. The summed E-state index contributed by atoms with van der Waals surface area (Å²) >= 11 is 0. The van der Waals surface area contributed by atoms with Crippen molar-refractivity contribution in [1.82, 2.24) is 10.2 Å². The van der Waals surface area contributed by atoms with Crippen molar-refractivity contribution in [2.75, 3.05) is 13.2 Å². The molecule has 5 heteroatoms. The summed E-state index contributed by atoms with van der Waals surface area (Å²) in [5.41, 5.74) is 1.81. The van der Waals surface area contributed by atoms with Crippen LogP contribution in [0.3, 0.4) is 0 Å². The van der Waals surface area contributed by atoms with Crippen LogP contribution in [0.5, 0.6) is 0 Å². The van der Waals surface area contributed by atoms with E-state index in [0.717, 1.165) is 19.3 Å². The van der Waals surface area contributed by atoms with Crippen LogP contribution < -0.4 is 5.32 Å². The van der Waals surface area contributed by atoms with Gasteiger partial charge in [-0.2, -0.15) is 0 Å². The molecule has 2 aliphatic rings. The standard InChI is InChI=1S/C22H32N2O3/c1-15(21(26)24-13-14-27-19-8-6-5-7-18(19)24)23-20(25)16-9-11-17(12-10-16)22(2,3)4/h9-12,15,18-19H,5-8,13-14H2,1-4H3,(H,23,25). The average molecular weight is 373 g/mol. The molecule has 1 aliphatic heterocycles. The quantitative estimate of drug-likeness (QED) is 0.886. The number of benzene rings is 1. The Morgan fingerprint density at radius 2 is 1.81 bits per heavy atom. The van der Waals surface area contributed by atoms with Crippen molar-refractivity contribution in [3.63, 3.8) is 0 Å². The van der Waals surface area contributed by atoms with E-state index in [-0.39, 0.29) is 29.4 Å². The minimum atomic E-state index is -0.541. The summed E-state index contributed by atoms with van der Waals surface area (Å²) in [4.78, 5) is 27.5. The number of carbonyl (C=O) groups excluding carboxylic acids is 2. The summed E-state index contributed by atoms with van der Waals surface area (Å²) in [6.45, 7) is 9.40. The Balaban J connectivity index is 1.62. The fraction of sp³-hybridized carbons (Fsp3) is 0.636. The number of amides is 2. The molecule has 1 aromatic rings. The predicted octanol–water partition coefficient (Wildman–Crippen LogP) is 3.27. The molecule has 0 spiro atoms. The van der Waals surface area contributed by atoms with E-state index < -0.39 is 6.04 Å². The van der Waals surface area contributed by atoms with Crippen molar-refractivity contribution in [2.45, 2.75) is 77.0 Å². The molecule has 1 aromatic carbocycles. The van der Waals surface area contributed by atoms with Crippen LogP contribution >= 0.6 is 0 Å². The van der Waals surface area contributed by atoms with E-state index in [4.69, 9.17) is 4.74 Å². The zero-order chi connectivity index (χ0) is 19.6. The number of nitrogens with one attached hydrogen (secondary N) is 1. The second-order valence-electron chi connectivity index (χ2n) is 8.82. The van der Waals surface area contributed by atoms with E-state index in [1.165, 1.54) is 12.0 Å². The molecule has 5 nitrogen and oxygen atoms in total. The van der Waals surface area contributed by atoms with E-state index >= 15 is 0 Å². The normalized spacial score (nSPS) is 24.1. The third-order valence-corrected chi connectivity index (χ3v) is 5.75. The van der Waals surface area contributed by atoms with Crippen molar-refractivity contribution in [3.8, 4) is 0 Å². The van der Waals surface area contributed by atoms with Crippen LogP contribution in [0, 0.1) is 0 Å². The first-order valence-corrected chi connectivity index (χ1v) is 10.1. The van der Waals surface area contributed by atoms with E-state index in [1.807, 2.05) is 29.2 Å². The molecule has 2 fully saturated rings. The highest BCUT2D eigenvalue weighted by atomic mass is 16.5. The summed E-state index contributed by atoms with van der Waals surface area (Å²) < 4.78 is 5.85. The fourth-order valence-electron chi connectivity index (χ4n) is 4.08. The molecule has 1 saturated carbocycles. The van der Waals surface area contributed by atoms with Crippen molar-refractivity contribution in [3.05, 3.63) is 35.4 Å². The molecule has 148 valence electrons. The molecule has 1 aliphatic carbocycles. The summed E-state index contributed by atoms with van der Waals surface area (Å²) in [5.74, 6) is -0.209. The number of hydrogen-bond donors (Lipinski definition) is 1. The first-order chi connectivity index (χ1) is 12.8. The molecule has 1 N–H and O–H groups in total. The van der Waals surface area contributed by atoms with Gasteiger partial charge in [-0.15, -0.1) is 0 Å². The molecule has 27 heavy (non-hydrogen) atoms. The van der Waals surface area contributed by atoms with Gasteiger partial charge in [0, 0.05) is 12.1 Å². The Morgan fingerprint density at radius 3 is 2.48 bits per heavy atom. The van der Waals surface area contributed by atoms with Gasteiger partial charge in [0.05, 0.1) is 18.8 Å². The number of fused-ring (bicyclic) bond motifs is 1. The number of ether oxygens (including phenoxy) is 1. The number of carbonyl (C=O) groups is 2. The zero-order valence-electron chi connectivity index (χ0n) is 17.0. The van der Waals surface area contributed by atoms with E-state index in [9.17, 15) is 9.59 Å². The second-order valence-corrected chi connectivity index (χ2v) is 8.82. The molecule has 3 atom stereocenters. The first-order valence-electron chi connectivity index (χ1n) is 10.1. The Bertz CT molecular complexity index is 676. The van der Waals surface area contributed by atoms with Gasteiger partial charge in [-0.05, 0) is 42.9 Å². The van der Waals surface area contributed by atoms with Crippen LogP contribution in [0.2, 0.25) is 0 Å². The Morgan fingerprint density at radius 1 is 1.15 bits per heavy atom. The van der Waals surface area contributed by atoms with Gasteiger partial charge in [0.25, 0.3) is 5.91 Å². The minimum absolute atomic E-state index is 0.00476. The zero-order valence-corrected chi connectivity index (χ0v) is 17.0. The van der Waals surface area contributed by atoms with Crippen LogP contribution in [0.15, 0.2) is 24.3 Å². The molecule has 0 aromatic heterocycles. The lowest BCUT2D eigenvalue weighted by Gasteiger charge is -2.44.